The first kappa shape index (κ1) is 15.6. The normalized spacial score (nSPS) is 12.0. The van der Waals surface area contributed by atoms with Crippen molar-refractivity contribution in [3.05, 3.63) is 28.8 Å². The maximum absolute atomic E-state index is 11.8. The van der Waals surface area contributed by atoms with Crippen LogP contribution in [0.5, 0.6) is 0 Å². The van der Waals surface area contributed by atoms with Gasteiger partial charge in [-0.05, 0) is 37.3 Å². The summed E-state index contributed by atoms with van der Waals surface area (Å²) in [5, 5.41) is 12.1. The maximum Gasteiger partial charge on any atom is 0.336 e. The van der Waals surface area contributed by atoms with Gasteiger partial charge in [-0.2, -0.15) is 11.8 Å². The Labute approximate surface area is 117 Å². The molecule has 19 heavy (non-hydrogen) atoms. The number of rotatable bonds is 5. The molecule has 0 aliphatic carbocycles. The predicted octanol–water partition coefficient (Wildman–Crippen LogP) is 3.08. The fraction of sp³-hybridized carbons (Fsp3) is 0.429. The summed E-state index contributed by atoms with van der Waals surface area (Å²) in [5.74, 6) is -1.07. The van der Waals surface area contributed by atoms with Gasteiger partial charge in [-0.1, -0.05) is 13.0 Å². The molecular formula is C14H19NO3S. The Bertz CT molecular complexity index is 500. The van der Waals surface area contributed by atoms with Crippen LogP contribution in [0.3, 0.4) is 0 Å². The summed E-state index contributed by atoms with van der Waals surface area (Å²) in [4.78, 5) is 22.9. The van der Waals surface area contributed by atoms with E-state index < -0.39 is 5.97 Å². The van der Waals surface area contributed by atoms with Crippen molar-refractivity contribution in [3.63, 3.8) is 0 Å². The van der Waals surface area contributed by atoms with E-state index in [1.54, 1.807) is 24.8 Å². The van der Waals surface area contributed by atoms with Gasteiger partial charge in [0, 0.05) is 17.4 Å². The first-order valence-electron chi connectivity index (χ1n) is 6.02. The van der Waals surface area contributed by atoms with Gasteiger partial charge in [-0.15, -0.1) is 0 Å². The molecule has 0 aromatic heterocycles. The van der Waals surface area contributed by atoms with Crippen LogP contribution in [0.1, 0.15) is 34.8 Å². The zero-order valence-corrected chi connectivity index (χ0v) is 12.4. The third-order valence-electron chi connectivity index (χ3n) is 2.95. The lowest BCUT2D eigenvalue weighted by Gasteiger charge is -2.13. The van der Waals surface area contributed by atoms with Crippen LogP contribution in [0.2, 0.25) is 0 Å². The van der Waals surface area contributed by atoms with E-state index in [2.05, 4.69) is 5.32 Å². The standard InChI is InChI=1S/C14H19NO3S/c1-8-5-9(2)12(7-11(8)14(17)18)15-13(16)6-10(3)19-4/h5,7,10H,6H2,1-4H3,(H,15,16)(H,17,18). The van der Waals surface area contributed by atoms with Gasteiger partial charge in [0.05, 0.1) is 5.56 Å². The highest BCUT2D eigenvalue weighted by molar-refractivity contribution is 7.99. The number of thioether (sulfide) groups is 1. The summed E-state index contributed by atoms with van der Waals surface area (Å²) in [6, 6.07) is 3.30. The summed E-state index contributed by atoms with van der Waals surface area (Å²) in [7, 11) is 0. The third-order valence-corrected chi connectivity index (χ3v) is 3.92. The van der Waals surface area contributed by atoms with E-state index in [-0.39, 0.29) is 16.7 Å². The maximum atomic E-state index is 11.8. The van der Waals surface area contributed by atoms with Crippen molar-refractivity contribution in [2.75, 3.05) is 11.6 Å². The monoisotopic (exact) mass is 281 g/mol. The highest BCUT2D eigenvalue weighted by Gasteiger charge is 2.13. The zero-order valence-electron chi connectivity index (χ0n) is 11.6. The molecule has 0 bridgehead atoms. The van der Waals surface area contributed by atoms with Crippen molar-refractivity contribution in [2.24, 2.45) is 0 Å². The number of hydrogen-bond donors (Lipinski definition) is 2. The van der Waals surface area contributed by atoms with Crippen molar-refractivity contribution in [1.82, 2.24) is 0 Å². The van der Waals surface area contributed by atoms with E-state index in [0.717, 1.165) is 5.56 Å². The minimum absolute atomic E-state index is 0.0925. The number of benzene rings is 1. The van der Waals surface area contributed by atoms with Gasteiger partial charge in [0.25, 0.3) is 0 Å². The highest BCUT2D eigenvalue weighted by Crippen LogP contribution is 2.21. The second kappa shape index (κ2) is 6.61. The van der Waals surface area contributed by atoms with Gasteiger partial charge in [0.2, 0.25) is 5.91 Å². The molecule has 0 saturated heterocycles. The Morgan fingerprint density at radius 1 is 1.32 bits per heavy atom. The number of carbonyl (C=O) groups is 2. The second-order valence-electron chi connectivity index (χ2n) is 4.59. The summed E-state index contributed by atoms with van der Waals surface area (Å²) in [6.07, 6.45) is 2.37. The van der Waals surface area contributed by atoms with E-state index in [1.165, 1.54) is 6.07 Å². The Morgan fingerprint density at radius 3 is 2.47 bits per heavy atom. The largest absolute Gasteiger partial charge is 0.478 e. The number of carboxylic acids is 1. The van der Waals surface area contributed by atoms with Crippen molar-refractivity contribution >= 4 is 29.3 Å². The van der Waals surface area contributed by atoms with E-state index in [4.69, 9.17) is 5.11 Å². The molecule has 1 amide bonds. The molecule has 1 aromatic rings. The lowest BCUT2D eigenvalue weighted by Crippen LogP contribution is -2.17. The van der Waals surface area contributed by atoms with Gasteiger partial charge >= 0.3 is 5.97 Å². The quantitative estimate of drug-likeness (QED) is 0.870. The number of nitrogens with one attached hydrogen (secondary N) is 1. The van der Waals surface area contributed by atoms with Crippen LogP contribution in [-0.2, 0) is 4.79 Å². The van der Waals surface area contributed by atoms with E-state index in [9.17, 15) is 9.59 Å². The van der Waals surface area contributed by atoms with Gasteiger partial charge < -0.3 is 10.4 Å². The molecule has 0 aliphatic heterocycles. The first-order valence-corrected chi connectivity index (χ1v) is 7.31. The van der Waals surface area contributed by atoms with Crippen LogP contribution in [-0.4, -0.2) is 28.5 Å². The molecule has 0 aliphatic rings. The zero-order chi connectivity index (χ0) is 14.6. The molecule has 2 N–H and O–H groups in total. The topological polar surface area (TPSA) is 66.4 Å². The van der Waals surface area contributed by atoms with Gasteiger partial charge in [0.1, 0.15) is 0 Å². The van der Waals surface area contributed by atoms with Gasteiger partial charge in [0.15, 0.2) is 0 Å². The molecule has 1 atom stereocenters. The van der Waals surface area contributed by atoms with Crippen LogP contribution < -0.4 is 5.32 Å². The third kappa shape index (κ3) is 4.28. The SMILES string of the molecule is CSC(C)CC(=O)Nc1cc(C(=O)O)c(C)cc1C. The van der Waals surface area contributed by atoms with Crippen LogP contribution in [0.25, 0.3) is 0 Å². The summed E-state index contributed by atoms with van der Waals surface area (Å²) >= 11 is 1.62. The molecule has 4 nitrogen and oxygen atoms in total. The number of aryl methyl sites for hydroxylation is 2. The minimum Gasteiger partial charge on any atom is -0.478 e. The smallest absolute Gasteiger partial charge is 0.336 e. The van der Waals surface area contributed by atoms with Gasteiger partial charge in [-0.25, -0.2) is 4.79 Å². The number of carbonyl (C=O) groups excluding carboxylic acids is 1. The van der Waals surface area contributed by atoms with E-state index >= 15 is 0 Å². The lowest BCUT2D eigenvalue weighted by molar-refractivity contribution is -0.116. The van der Waals surface area contributed by atoms with Crippen LogP contribution >= 0.6 is 11.8 Å². The molecular weight excluding hydrogens is 262 g/mol. The summed E-state index contributed by atoms with van der Waals surface area (Å²) in [6.45, 7) is 5.58. The predicted molar refractivity (Wildman–Crippen MR) is 79.1 cm³/mol. The van der Waals surface area contributed by atoms with E-state index in [1.807, 2.05) is 20.1 Å². The molecule has 0 spiro atoms. The summed E-state index contributed by atoms with van der Waals surface area (Å²) in [5.41, 5.74) is 2.35. The number of aromatic carboxylic acids is 1. The second-order valence-corrected chi connectivity index (χ2v) is 5.86. The number of carboxylic acid groups (broad SMARTS) is 1. The Morgan fingerprint density at radius 2 is 1.95 bits per heavy atom. The molecule has 5 heteroatoms. The Hall–Kier alpha value is -1.49. The molecule has 0 fully saturated rings. The van der Waals surface area contributed by atoms with E-state index in [0.29, 0.717) is 17.7 Å². The molecule has 1 aromatic carbocycles. The van der Waals surface area contributed by atoms with Crippen molar-refractivity contribution < 1.29 is 14.7 Å². The summed E-state index contributed by atoms with van der Waals surface area (Å²) < 4.78 is 0. The molecule has 1 rings (SSSR count). The fourth-order valence-electron chi connectivity index (χ4n) is 1.76. The van der Waals surface area contributed by atoms with Crippen LogP contribution in [0, 0.1) is 13.8 Å². The minimum atomic E-state index is -0.981. The number of hydrogen-bond acceptors (Lipinski definition) is 3. The van der Waals surface area contributed by atoms with Gasteiger partial charge in [-0.3, -0.25) is 4.79 Å². The molecule has 1 unspecified atom stereocenters. The molecule has 0 saturated carbocycles. The lowest BCUT2D eigenvalue weighted by atomic mass is 10.0. The average molecular weight is 281 g/mol. The number of amides is 1. The Balaban J connectivity index is 2.92. The van der Waals surface area contributed by atoms with Crippen LogP contribution in [0.4, 0.5) is 5.69 Å². The molecule has 0 heterocycles. The van der Waals surface area contributed by atoms with Crippen molar-refractivity contribution in [2.45, 2.75) is 32.4 Å². The highest BCUT2D eigenvalue weighted by atomic mass is 32.2. The molecule has 104 valence electrons. The average Bonchev–Trinajstić information content (AvgIpc) is 2.31. The van der Waals surface area contributed by atoms with Crippen molar-refractivity contribution in [1.29, 1.82) is 0 Å². The molecule has 0 radical (unpaired) electrons. The van der Waals surface area contributed by atoms with Crippen LogP contribution in [0.15, 0.2) is 12.1 Å². The first-order chi connectivity index (χ1) is 8.85. The fourth-order valence-corrected chi connectivity index (χ4v) is 2.08. The Kier molecular flexibility index (Phi) is 5.42. The number of anilines is 1. The van der Waals surface area contributed by atoms with Crippen molar-refractivity contribution in [3.8, 4) is 0 Å².